The molecule has 0 saturated carbocycles. The van der Waals surface area contributed by atoms with Crippen molar-refractivity contribution in [1.29, 1.82) is 0 Å². The molecular formula is C20H23N3O4. The Morgan fingerprint density at radius 3 is 2.59 bits per heavy atom. The van der Waals surface area contributed by atoms with E-state index >= 15 is 0 Å². The number of nitrogens with zero attached hydrogens (tertiary/aromatic N) is 2. The molecule has 1 aromatic heterocycles. The smallest absolute Gasteiger partial charge is 0.254 e. The van der Waals surface area contributed by atoms with Crippen LogP contribution in [0.1, 0.15) is 27.1 Å². The Bertz CT molecular complexity index is 790. The van der Waals surface area contributed by atoms with Gasteiger partial charge >= 0.3 is 0 Å². The topological polar surface area (TPSA) is 94.8 Å². The summed E-state index contributed by atoms with van der Waals surface area (Å²) in [5, 5.41) is 0. The van der Waals surface area contributed by atoms with Crippen LogP contribution in [0.15, 0.2) is 42.6 Å². The number of hydrogen-bond acceptors (Lipinski definition) is 5. The Morgan fingerprint density at radius 2 is 1.96 bits per heavy atom. The van der Waals surface area contributed by atoms with Crippen molar-refractivity contribution in [3.8, 4) is 11.3 Å². The molecule has 7 nitrogen and oxygen atoms in total. The molecule has 1 saturated heterocycles. The van der Waals surface area contributed by atoms with E-state index in [2.05, 4.69) is 4.98 Å². The van der Waals surface area contributed by atoms with E-state index in [1.807, 2.05) is 17.0 Å². The second kappa shape index (κ2) is 8.75. The molecule has 0 unspecified atom stereocenters. The molecule has 2 heterocycles. The molecule has 1 aliphatic heterocycles. The van der Waals surface area contributed by atoms with Crippen molar-refractivity contribution in [3.63, 3.8) is 0 Å². The van der Waals surface area contributed by atoms with Gasteiger partial charge in [-0.25, -0.2) is 0 Å². The van der Waals surface area contributed by atoms with Crippen molar-refractivity contribution in [2.24, 2.45) is 5.73 Å². The number of ether oxygens (including phenoxy) is 2. The highest BCUT2D eigenvalue weighted by Crippen LogP contribution is 2.19. The summed E-state index contributed by atoms with van der Waals surface area (Å²) < 4.78 is 10.8. The van der Waals surface area contributed by atoms with E-state index in [-0.39, 0.29) is 12.0 Å². The largest absolute Gasteiger partial charge is 0.385 e. The summed E-state index contributed by atoms with van der Waals surface area (Å²) in [6.45, 7) is 2.30. The molecule has 0 spiro atoms. The molecule has 0 aliphatic carbocycles. The summed E-state index contributed by atoms with van der Waals surface area (Å²) in [5.41, 5.74) is 7.79. The van der Waals surface area contributed by atoms with Crippen molar-refractivity contribution >= 4 is 11.8 Å². The molecule has 7 heteroatoms. The average molecular weight is 369 g/mol. The molecule has 2 N–H and O–H groups in total. The number of carbonyl (C=O) groups excluding carboxylic acids is 2. The lowest BCUT2D eigenvalue weighted by Gasteiger charge is -2.33. The Kier molecular flexibility index (Phi) is 6.16. The molecule has 1 atom stereocenters. The first-order chi connectivity index (χ1) is 13.1. The van der Waals surface area contributed by atoms with Gasteiger partial charge < -0.3 is 20.1 Å². The van der Waals surface area contributed by atoms with Gasteiger partial charge in [-0.15, -0.1) is 0 Å². The van der Waals surface area contributed by atoms with Gasteiger partial charge in [0, 0.05) is 44.1 Å². The molecule has 2 amide bonds. The lowest BCUT2D eigenvalue weighted by molar-refractivity contribution is -0.0332. The van der Waals surface area contributed by atoms with E-state index in [0.29, 0.717) is 43.1 Å². The molecular weight excluding hydrogens is 346 g/mol. The van der Waals surface area contributed by atoms with Crippen molar-refractivity contribution in [3.05, 3.63) is 53.7 Å². The zero-order valence-electron chi connectivity index (χ0n) is 15.3. The SMILES string of the molecule is COCC[C@@H]1CN(C(=O)c2ccc(-c3ccc(C(N)=O)cn3)cc2)CCO1. The van der Waals surface area contributed by atoms with Crippen LogP contribution < -0.4 is 5.73 Å². The van der Waals surface area contributed by atoms with Gasteiger partial charge in [-0.05, 0) is 30.7 Å². The van der Waals surface area contributed by atoms with Gasteiger partial charge in [0.05, 0.1) is 24.0 Å². The number of primary amides is 1. The number of pyridine rings is 1. The van der Waals surface area contributed by atoms with Crippen LogP contribution in [0.5, 0.6) is 0 Å². The maximum absolute atomic E-state index is 12.8. The number of amides is 2. The third-order valence-electron chi connectivity index (χ3n) is 4.55. The first-order valence-electron chi connectivity index (χ1n) is 8.84. The standard InChI is InChI=1S/C20H23N3O4/c1-26-10-8-17-13-23(9-11-27-17)20(25)15-4-2-14(3-5-15)18-7-6-16(12-22-18)19(21)24/h2-7,12,17H,8-11,13H2,1H3,(H2,21,24)/t17-/m1/s1. The van der Waals surface area contributed by atoms with Crippen LogP contribution in [0.3, 0.4) is 0 Å². The highest BCUT2D eigenvalue weighted by molar-refractivity contribution is 5.95. The van der Waals surface area contributed by atoms with Crippen LogP contribution in [0.4, 0.5) is 0 Å². The number of morpholine rings is 1. The third-order valence-corrected chi connectivity index (χ3v) is 4.55. The Hall–Kier alpha value is -2.77. The van der Waals surface area contributed by atoms with Gasteiger partial charge in [-0.2, -0.15) is 0 Å². The monoisotopic (exact) mass is 369 g/mol. The zero-order chi connectivity index (χ0) is 19.2. The van der Waals surface area contributed by atoms with E-state index in [4.69, 9.17) is 15.2 Å². The van der Waals surface area contributed by atoms with Crippen molar-refractivity contribution in [1.82, 2.24) is 9.88 Å². The highest BCUT2D eigenvalue weighted by Gasteiger charge is 2.24. The van der Waals surface area contributed by atoms with Crippen LogP contribution >= 0.6 is 0 Å². The third kappa shape index (κ3) is 4.69. The predicted octanol–water partition coefficient (Wildman–Crippen LogP) is 1.72. The fourth-order valence-corrected chi connectivity index (χ4v) is 3.00. The van der Waals surface area contributed by atoms with Crippen LogP contribution in [0.2, 0.25) is 0 Å². The fourth-order valence-electron chi connectivity index (χ4n) is 3.00. The molecule has 3 rings (SSSR count). The summed E-state index contributed by atoms with van der Waals surface area (Å²) in [6, 6.07) is 10.7. The number of benzene rings is 1. The first kappa shape index (κ1) is 19.0. The summed E-state index contributed by atoms with van der Waals surface area (Å²) in [7, 11) is 1.66. The molecule has 2 aromatic rings. The lowest BCUT2D eigenvalue weighted by atomic mass is 10.1. The number of aromatic nitrogens is 1. The molecule has 142 valence electrons. The summed E-state index contributed by atoms with van der Waals surface area (Å²) in [6.07, 6.45) is 2.23. The fraction of sp³-hybridized carbons (Fsp3) is 0.350. The Balaban J connectivity index is 1.67. The van der Waals surface area contributed by atoms with Gasteiger partial charge in [-0.3, -0.25) is 14.6 Å². The number of hydrogen-bond donors (Lipinski definition) is 1. The zero-order valence-corrected chi connectivity index (χ0v) is 15.3. The van der Waals surface area contributed by atoms with E-state index in [1.165, 1.54) is 6.20 Å². The minimum absolute atomic E-state index is 0.00916. The van der Waals surface area contributed by atoms with Crippen molar-refractivity contribution < 1.29 is 19.1 Å². The maximum atomic E-state index is 12.8. The quantitative estimate of drug-likeness (QED) is 0.837. The van der Waals surface area contributed by atoms with Gasteiger partial charge in [0.25, 0.3) is 5.91 Å². The minimum atomic E-state index is -0.510. The summed E-state index contributed by atoms with van der Waals surface area (Å²) in [4.78, 5) is 29.9. The van der Waals surface area contributed by atoms with E-state index < -0.39 is 5.91 Å². The molecule has 1 aliphatic rings. The van der Waals surface area contributed by atoms with E-state index in [0.717, 1.165) is 12.0 Å². The van der Waals surface area contributed by atoms with Crippen LogP contribution in [-0.2, 0) is 9.47 Å². The molecule has 0 radical (unpaired) electrons. The second-order valence-corrected chi connectivity index (χ2v) is 6.40. The Morgan fingerprint density at radius 1 is 1.22 bits per heavy atom. The predicted molar refractivity (Wildman–Crippen MR) is 100 cm³/mol. The summed E-state index contributed by atoms with van der Waals surface area (Å²) >= 11 is 0. The first-order valence-corrected chi connectivity index (χ1v) is 8.84. The van der Waals surface area contributed by atoms with Crippen LogP contribution in [0, 0.1) is 0 Å². The second-order valence-electron chi connectivity index (χ2n) is 6.40. The van der Waals surface area contributed by atoms with Crippen molar-refractivity contribution in [2.45, 2.75) is 12.5 Å². The van der Waals surface area contributed by atoms with Gasteiger partial charge in [0.2, 0.25) is 5.91 Å². The van der Waals surface area contributed by atoms with E-state index in [1.54, 1.807) is 31.4 Å². The highest BCUT2D eigenvalue weighted by atomic mass is 16.5. The molecule has 0 bridgehead atoms. The lowest BCUT2D eigenvalue weighted by Crippen LogP contribution is -2.45. The van der Waals surface area contributed by atoms with E-state index in [9.17, 15) is 9.59 Å². The van der Waals surface area contributed by atoms with Crippen molar-refractivity contribution in [2.75, 3.05) is 33.4 Å². The number of carbonyl (C=O) groups is 2. The van der Waals surface area contributed by atoms with Crippen LogP contribution in [0.25, 0.3) is 11.3 Å². The number of nitrogens with two attached hydrogens (primary N) is 1. The normalized spacial score (nSPS) is 16.9. The van der Waals surface area contributed by atoms with Crippen LogP contribution in [-0.4, -0.2) is 61.2 Å². The Labute approximate surface area is 158 Å². The van der Waals surface area contributed by atoms with Gasteiger partial charge in [0.1, 0.15) is 0 Å². The summed E-state index contributed by atoms with van der Waals surface area (Å²) in [5.74, 6) is -0.520. The average Bonchev–Trinajstić information content (AvgIpc) is 2.72. The minimum Gasteiger partial charge on any atom is -0.385 e. The molecule has 1 aromatic carbocycles. The molecule has 27 heavy (non-hydrogen) atoms. The van der Waals surface area contributed by atoms with Gasteiger partial charge in [0.15, 0.2) is 0 Å². The number of methoxy groups -OCH3 is 1. The van der Waals surface area contributed by atoms with Gasteiger partial charge in [-0.1, -0.05) is 12.1 Å². The maximum Gasteiger partial charge on any atom is 0.254 e. The number of rotatable bonds is 6. The molecule has 1 fully saturated rings.